The third kappa shape index (κ3) is 8.33. The molecule has 0 amide bonds. The first kappa shape index (κ1) is 28.2. The Balaban J connectivity index is 1.51. The van der Waals surface area contributed by atoms with Crippen molar-refractivity contribution in [1.29, 1.82) is 5.26 Å². The van der Waals surface area contributed by atoms with Crippen molar-refractivity contribution in [2.75, 3.05) is 13.2 Å². The molecule has 0 saturated carbocycles. The van der Waals surface area contributed by atoms with Gasteiger partial charge in [0.05, 0.1) is 11.1 Å². The third-order valence-corrected chi connectivity index (χ3v) is 6.73. The first-order valence-electron chi connectivity index (χ1n) is 12.3. The second-order valence-electron chi connectivity index (χ2n) is 9.87. The molecule has 0 saturated heterocycles. The van der Waals surface area contributed by atoms with Gasteiger partial charge in [-0.2, -0.15) is 5.26 Å². The number of aliphatic hydroxyl groups is 1. The number of aryl methyl sites for hydroxylation is 2. The van der Waals surface area contributed by atoms with E-state index in [1.54, 1.807) is 30.3 Å². The molecular formula is C30H33ClN2O4. The predicted octanol–water partition coefficient (Wildman–Crippen LogP) is 6.02. The van der Waals surface area contributed by atoms with Crippen LogP contribution in [-0.4, -0.2) is 41.0 Å². The van der Waals surface area contributed by atoms with Crippen molar-refractivity contribution >= 4 is 17.6 Å². The molecule has 3 aromatic carbocycles. The Morgan fingerprint density at radius 2 is 1.81 bits per heavy atom. The molecule has 0 aliphatic carbocycles. The first-order chi connectivity index (χ1) is 17.6. The van der Waals surface area contributed by atoms with Gasteiger partial charge in [-0.25, -0.2) is 4.79 Å². The van der Waals surface area contributed by atoms with Crippen molar-refractivity contribution in [1.82, 2.24) is 5.32 Å². The van der Waals surface area contributed by atoms with E-state index in [0.29, 0.717) is 17.9 Å². The molecule has 6 nitrogen and oxygen atoms in total. The van der Waals surface area contributed by atoms with E-state index in [-0.39, 0.29) is 17.7 Å². The van der Waals surface area contributed by atoms with Crippen LogP contribution in [0.1, 0.15) is 53.7 Å². The number of halogens is 1. The number of benzene rings is 3. The van der Waals surface area contributed by atoms with Gasteiger partial charge in [0.25, 0.3) is 0 Å². The lowest BCUT2D eigenvalue weighted by atomic mass is 9.95. The maximum Gasteiger partial charge on any atom is 0.335 e. The fourth-order valence-electron chi connectivity index (χ4n) is 3.97. The van der Waals surface area contributed by atoms with Gasteiger partial charge >= 0.3 is 5.97 Å². The van der Waals surface area contributed by atoms with Gasteiger partial charge in [0.2, 0.25) is 0 Å². The van der Waals surface area contributed by atoms with Crippen LogP contribution in [0.4, 0.5) is 0 Å². The third-order valence-electron chi connectivity index (χ3n) is 6.32. The summed E-state index contributed by atoms with van der Waals surface area (Å²) < 4.78 is 5.82. The van der Waals surface area contributed by atoms with Crippen LogP contribution in [0.3, 0.4) is 0 Å². The normalized spacial score (nSPS) is 12.1. The molecule has 194 valence electrons. The highest BCUT2D eigenvalue weighted by atomic mass is 35.5. The Hall–Kier alpha value is -3.37. The monoisotopic (exact) mass is 520 g/mol. The molecule has 3 aromatic rings. The van der Waals surface area contributed by atoms with Gasteiger partial charge in [-0.15, -0.1) is 0 Å². The smallest absolute Gasteiger partial charge is 0.335 e. The highest BCUT2D eigenvalue weighted by Gasteiger charge is 2.19. The second kappa shape index (κ2) is 12.7. The van der Waals surface area contributed by atoms with E-state index in [1.807, 2.05) is 19.1 Å². The molecule has 37 heavy (non-hydrogen) atoms. The predicted molar refractivity (Wildman–Crippen MR) is 146 cm³/mol. The van der Waals surface area contributed by atoms with Gasteiger partial charge in [-0.05, 0) is 92.6 Å². The summed E-state index contributed by atoms with van der Waals surface area (Å²) >= 11 is 6.23. The van der Waals surface area contributed by atoms with Gasteiger partial charge < -0.3 is 20.3 Å². The number of nitrogens with zero attached hydrogens (tertiary/aromatic N) is 1. The zero-order valence-electron chi connectivity index (χ0n) is 21.4. The maximum atomic E-state index is 11.1. The number of ether oxygens (including phenoxy) is 1. The van der Waals surface area contributed by atoms with Gasteiger partial charge in [-0.3, -0.25) is 0 Å². The number of hydrogen-bond donors (Lipinski definition) is 3. The number of aliphatic hydroxyl groups excluding tert-OH is 1. The fraction of sp³-hybridized carbons (Fsp3) is 0.333. The highest BCUT2D eigenvalue weighted by molar-refractivity contribution is 6.31. The zero-order chi connectivity index (χ0) is 27.0. The van der Waals surface area contributed by atoms with E-state index in [2.05, 4.69) is 31.3 Å². The van der Waals surface area contributed by atoms with E-state index >= 15 is 0 Å². The number of rotatable bonds is 12. The minimum absolute atomic E-state index is 0.0288. The Morgan fingerprint density at radius 3 is 2.46 bits per heavy atom. The van der Waals surface area contributed by atoms with Crippen LogP contribution in [0, 0.1) is 18.3 Å². The number of carbonyl (C=O) groups is 1. The molecule has 0 heterocycles. The van der Waals surface area contributed by atoms with E-state index in [0.717, 1.165) is 41.0 Å². The summed E-state index contributed by atoms with van der Waals surface area (Å²) in [5.74, 6) is -0.616. The maximum absolute atomic E-state index is 11.1. The molecule has 0 bridgehead atoms. The number of β-amino-alcohol motifs (C(OH)–C–C–N with tert-alkyl or cyclic N) is 1. The van der Waals surface area contributed by atoms with Gasteiger partial charge in [-0.1, -0.05) is 41.9 Å². The van der Waals surface area contributed by atoms with Crippen molar-refractivity contribution < 1.29 is 19.7 Å². The van der Waals surface area contributed by atoms with E-state index in [4.69, 9.17) is 21.4 Å². The number of hydrogen-bond acceptors (Lipinski definition) is 5. The molecular weight excluding hydrogens is 488 g/mol. The van der Waals surface area contributed by atoms with Crippen molar-refractivity contribution in [2.24, 2.45) is 0 Å². The molecule has 0 aliphatic rings. The van der Waals surface area contributed by atoms with Crippen LogP contribution in [0.5, 0.6) is 5.75 Å². The average molecular weight is 521 g/mol. The molecule has 7 heteroatoms. The van der Waals surface area contributed by atoms with Crippen LogP contribution in [0.25, 0.3) is 11.1 Å². The lowest BCUT2D eigenvalue weighted by Gasteiger charge is -2.28. The van der Waals surface area contributed by atoms with Crippen LogP contribution in [-0.2, 0) is 6.42 Å². The molecule has 0 spiro atoms. The van der Waals surface area contributed by atoms with Gasteiger partial charge in [0.1, 0.15) is 24.5 Å². The van der Waals surface area contributed by atoms with Crippen LogP contribution < -0.4 is 10.1 Å². The summed E-state index contributed by atoms with van der Waals surface area (Å²) in [5.41, 5.74) is 4.27. The molecule has 3 N–H and O–H groups in total. The number of nitrogens with one attached hydrogen (secondary N) is 1. The Kier molecular flexibility index (Phi) is 9.71. The zero-order valence-corrected chi connectivity index (χ0v) is 22.2. The van der Waals surface area contributed by atoms with Crippen molar-refractivity contribution in [2.45, 2.75) is 51.7 Å². The number of carboxylic acids is 1. The topological polar surface area (TPSA) is 103 Å². The Labute approximate surface area is 223 Å². The molecule has 0 fully saturated rings. The summed E-state index contributed by atoms with van der Waals surface area (Å²) in [4.78, 5) is 11.1. The summed E-state index contributed by atoms with van der Waals surface area (Å²) in [5, 5.41) is 33.3. The molecule has 1 unspecified atom stereocenters. The highest BCUT2D eigenvalue weighted by Crippen LogP contribution is 2.28. The van der Waals surface area contributed by atoms with E-state index < -0.39 is 12.1 Å². The molecule has 0 aromatic heterocycles. The molecule has 3 rings (SSSR count). The summed E-state index contributed by atoms with van der Waals surface area (Å²) in [6.45, 7) is 6.58. The van der Waals surface area contributed by atoms with Gasteiger partial charge in [0, 0.05) is 17.1 Å². The SMILES string of the molecule is Cc1ccc(CCCC(C)(C)NCC(O)COc2cc(-c3ccc(C(=O)O)cc3)ccc2C#N)cc1Cl. The van der Waals surface area contributed by atoms with E-state index in [1.165, 1.54) is 17.7 Å². The Morgan fingerprint density at radius 1 is 1.11 bits per heavy atom. The van der Waals surface area contributed by atoms with Crippen molar-refractivity contribution in [3.63, 3.8) is 0 Å². The molecule has 0 aliphatic heterocycles. The van der Waals surface area contributed by atoms with Gasteiger partial charge in [0.15, 0.2) is 0 Å². The fourth-order valence-corrected chi connectivity index (χ4v) is 4.18. The summed E-state index contributed by atoms with van der Waals surface area (Å²) in [6.07, 6.45) is 2.08. The summed E-state index contributed by atoms with van der Waals surface area (Å²) in [7, 11) is 0. The minimum Gasteiger partial charge on any atom is -0.489 e. The summed E-state index contributed by atoms with van der Waals surface area (Å²) in [6, 6.07) is 19.9. The first-order valence-corrected chi connectivity index (χ1v) is 12.6. The Bertz CT molecular complexity index is 1270. The molecule has 1 atom stereocenters. The minimum atomic E-state index is -0.989. The van der Waals surface area contributed by atoms with Crippen LogP contribution >= 0.6 is 11.6 Å². The standard InChI is InChI=1S/C30H33ClN2O4/c1-20-6-7-21(15-27(20)31)5-4-14-30(2,3)33-18-26(34)19-37-28-16-24(12-13-25(28)17-32)22-8-10-23(11-9-22)29(35)36/h6-13,15-16,26,33-34H,4-5,14,18-19H2,1-3H3,(H,35,36). The van der Waals surface area contributed by atoms with Crippen molar-refractivity contribution in [3.8, 4) is 22.9 Å². The van der Waals surface area contributed by atoms with E-state index in [9.17, 15) is 15.2 Å². The number of carboxylic acid groups (broad SMARTS) is 1. The number of nitriles is 1. The van der Waals surface area contributed by atoms with Crippen LogP contribution in [0.2, 0.25) is 5.02 Å². The second-order valence-corrected chi connectivity index (χ2v) is 10.3. The lowest BCUT2D eigenvalue weighted by molar-refractivity contribution is 0.0697. The largest absolute Gasteiger partial charge is 0.489 e. The van der Waals surface area contributed by atoms with Crippen LogP contribution in [0.15, 0.2) is 60.7 Å². The number of aromatic carboxylic acids is 1. The molecule has 0 radical (unpaired) electrons. The average Bonchev–Trinajstić information content (AvgIpc) is 2.88. The lowest BCUT2D eigenvalue weighted by Crippen LogP contribution is -2.44. The quantitative estimate of drug-likeness (QED) is 0.270. The van der Waals surface area contributed by atoms with Crippen molar-refractivity contribution in [3.05, 3.63) is 87.9 Å².